The van der Waals surface area contributed by atoms with Gasteiger partial charge in [-0.05, 0) is 43.9 Å². The molecule has 148 valence electrons. The molecule has 8 heteroatoms. The van der Waals surface area contributed by atoms with Crippen molar-refractivity contribution >= 4 is 28.2 Å². The fraction of sp³-hybridized carbons (Fsp3) is 0.611. The van der Waals surface area contributed by atoms with Crippen LogP contribution in [-0.4, -0.2) is 51.7 Å². The van der Waals surface area contributed by atoms with Crippen LogP contribution in [0.2, 0.25) is 0 Å². The van der Waals surface area contributed by atoms with Gasteiger partial charge in [0.15, 0.2) is 9.84 Å². The van der Waals surface area contributed by atoms with Crippen molar-refractivity contribution in [2.75, 3.05) is 26.5 Å². The molecule has 1 amide bonds. The number of amides is 1. The summed E-state index contributed by atoms with van der Waals surface area (Å²) in [5.41, 5.74) is 5.96. The first-order valence-electron chi connectivity index (χ1n) is 8.71. The predicted octanol–water partition coefficient (Wildman–Crippen LogP) is 2.26. The van der Waals surface area contributed by atoms with Crippen LogP contribution >= 0.6 is 12.4 Å². The van der Waals surface area contributed by atoms with Crippen LogP contribution in [0.15, 0.2) is 29.2 Å². The third-order valence-electron chi connectivity index (χ3n) is 4.58. The molecule has 1 aromatic rings. The molecule has 2 rings (SSSR count). The molecule has 0 spiro atoms. The molecule has 26 heavy (non-hydrogen) atoms. The second-order valence-electron chi connectivity index (χ2n) is 6.83. The maximum Gasteiger partial charge on any atom is 0.225 e. The lowest BCUT2D eigenvalue weighted by Gasteiger charge is -2.29. The Morgan fingerprint density at radius 2 is 2.08 bits per heavy atom. The van der Waals surface area contributed by atoms with Crippen molar-refractivity contribution in [3.8, 4) is 5.75 Å². The van der Waals surface area contributed by atoms with Crippen molar-refractivity contribution < 1.29 is 17.9 Å². The van der Waals surface area contributed by atoms with Gasteiger partial charge in [0.25, 0.3) is 0 Å². The first-order valence-corrected chi connectivity index (χ1v) is 10.6. The minimum absolute atomic E-state index is 0. The summed E-state index contributed by atoms with van der Waals surface area (Å²) in [5, 5.41) is 0. The predicted molar refractivity (Wildman–Crippen MR) is 104 cm³/mol. The molecule has 1 aliphatic rings. The van der Waals surface area contributed by atoms with Gasteiger partial charge >= 0.3 is 0 Å². The molecule has 0 bridgehead atoms. The van der Waals surface area contributed by atoms with E-state index in [-0.39, 0.29) is 35.2 Å². The Morgan fingerprint density at radius 1 is 1.35 bits per heavy atom. The Hall–Kier alpha value is -1.31. The summed E-state index contributed by atoms with van der Waals surface area (Å²) in [6.07, 6.45) is 5.58. The fourth-order valence-electron chi connectivity index (χ4n) is 3.16. The zero-order valence-corrected chi connectivity index (χ0v) is 17.0. The van der Waals surface area contributed by atoms with Crippen LogP contribution in [0.5, 0.6) is 5.75 Å². The first kappa shape index (κ1) is 22.7. The lowest BCUT2D eigenvalue weighted by atomic mass is 9.85. The molecular weight excluding hydrogens is 376 g/mol. The highest BCUT2D eigenvalue weighted by molar-refractivity contribution is 7.90. The van der Waals surface area contributed by atoms with Gasteiger partial charge in [-0.1, -0.05) is 12.5 Å². The molecule has 1 fully saturated rings. The zero-order valence-electron chi connectivity index (χ0n) is 15.4. The smallest absolute Gasteiger partial charge is 0.225 e. The van der Waals surface area contributed by atoms with E-state index in [0.29, 0.717) is 25.3 Å². The molecule has 1 saturated carbocycles. The van der Waals surface area contributed by atoms with Crippen LogP contribution in [-0.2, 0) is 14.6 Å². The number of nitrogens with two attached hydrogens (primary N) is 1. The van der Waals surface area contributed by atoms with Gasteiger partial charge in [-0.15, -0.1) is 12.4 Å². The van der Waals surface area contributed by atoms with Crippen LogP contribution < -0.4 is 10.5 Å². The monoisotopic (exact) mass is 404 g/mol. The van der Waals surface area contributed by atoms with Crippen molar-refractivity contribution in [3.63, 3.8) is 0 Å². The largest absolute Gasteiger partial charge is 0.493 e. The highest BCUT2D eigenvalue weighted by Crippen LogP contribution is 2.24. The molecular formula is C18H29ClN2O4S. The normalized spacial score (nSPS) is 20.1. The summed E-state index contributed by atoms with van der Waals surface area (Å²) >= 11 is 0. The molecule has 0 aliphatic heterocycles. The number of benzene rings is 1. The Kier molecular flexibility index (Phi) is 8.86. The van der Waals surface area contributed by atoms with Crippen molar-refractivity contribution in [1.29, 1.82) is 0 Å². The van der Waals surface area contributed by atoms with E-state index in [1.807, 2.05) is 7.05 Å². The van der Waals surface area contributed by atoms with E-state index in [0.717, 1.165) is 25.7 Å². The Morgan fingerprint density at radius 3 is 2.73 bits per heavy atom. The van der Waals surface area contributed by atoms with E-state index >= 15 is 0 Å². The second-order valence-corrected chi connectivity index (χ2v) is 8.85. The highest BCUT2D eigenvalue weighted by atomic mass is 35.5. The summed E-state index contributed by atoms with van der Waals surface area (Å²) in [4.78, 5) is 14.4. The third-order valence-corrected chi connectivity index (χ3v) is 5.69. The van der Waals surface area contributed by atoms with E-state index in [2.05, 4.69) is 0 Å². The van der Waals surface area contributed by atoms with Crippen LogP contribution in [0.3, 0.4) is 0 Å². The number of hydrogen-bond acceptors (Lipinski definition) is 5. The van der Waals surface area contributed by atoms with Gasteiger partial charge in [0.05, 0.1) is 11.5 Å². The summed E-state index contributed by atoms with van der Waals surface area (Å²) < 4.78 is 28.7. The molecule has 0 aromatic heterocycles. The first-order chi connectivity index (χ1) is 11.8. The second kappa shape index (κ2) is 10.1. The van der Waals surface area contributed by atoms with Gasteiger partial charge in [0.1, 0.15) is 5.75 Å². The Labute approximate surface area is 162 Å². The number of sulfone groups is 1. The molecule has 2 atom stereocenters. The van der Waals surface area contributed by atoms with Gasteiger partial charge in [-0.25, -0.2) is 8.42 Å². The van der Waals surface area contributed by atoms with Gasteiger partial charge in [0.2, 0.25) is 5.91 Å². The van der Waals surface area contributed by atoms with Crippen LogP contribution in [0.1, 0.15) is 32.1 Å². The van der Waals surface area contributed by atoms with Crippen molar-refractivity contribution in [3.05, 3.63) is 24.3 Å². The maximum atomic E-state index is 12.4. The number of nitrogens with zero attached hydrogens (tertiary/aromatic N) is 1. The maximum absolute atomic E-state index is 12.4. The van der Waals surface area contributed by atoms with E-state index in [1.165, 1.54) is 12.3 Å². The lowest BCUT2D eigenvalue weighted by Crippen LogP contribution is -2.39. The summed E-state index contributed by atoms with van der Waals surface area (Å²) in [6.45, 7) is 1.03. The molecule has 2 unspecified atom stereocenters. The lowest BCUT2D eigenvalue weighted by molar-refractivity contribution is -0.135. The topological polar surface area (TPSA) is 89.7 Å². The average Bonchev–Trinajstić information content (AvgIpc) is 2.57. The van der Waals surface area contributed by atoms with Gasteiger partial charge < -0.3 is 15.4 Å². The molecule has 6 nitrogen and oxygen atoms in total. The minimum atomic E-state index is -3.24. The number of hydrogen-bond donors (Lipinski definition) is 1. The van der Waals surface area contributed by atoms with Gasteiger partial charge in [0, 0.05) is 31.8 Å². The van der Waals surface area contributed by atoms with Crippen LogP contribution in [0, 0.1) is 5.92 Å². The summed E-state index contributed by atoms with van der Waals surface area (Å²) in [5.74, 6) is 0.727. The molecule has 1 aliphatic carbocycles. The van der Waals surface area contributed by atoms with E-state index in [9.17, 15) is 13.2 Å². The van der Waals surface area contributed by atoms with E-state index in [1.54, 1.807) is 23.1 Å². The van der Waals surface area contributed by atoms with Crippen molar-refractivity contribution in [2.24, 2.45) is 11.7 Å². The SMILES string of the molecule is CN(CCCOc1cccc(S(C)(=O)=O)c1)C(=O)C1CCCC(N)C1.Cl. The quantitative estimate of drug-likeness (QED) is 0.704. The summed E-state index contributed by atoms with van der Waals surface area (Å²) in [6, 6.07) is 6.60. The molecule has 0 heterocycles. The number of carbonyl (C=O) groups excluding carboxylic acids is 1. The van der Waals surface area contributed by atoms with Crippen LogP contribution in [0.4, 0.5) is 0 Å². The van der Waals surface area contributed by atoms with Crippen LogP contribution in [0.25, 0.3) is 0 Å². The Balaban J connectivity index is 0.00000338. The van der Waals surface area contributed by atoms with Gasteiger partial charge in [-0.2, -0.15) is 0 Å². The van der Waals surface area contributed by atoms with Gasteiger partial charge in [-0.3, -0.25) is 4.79 Å². The third kappa shape index (κ3) is 6.78. The molecule has 1 aromatic carbocycles. The molecule has 0 radical (unpaired) electrons. The fourth-order valence-corrected chi connectivity index (χ4v) is 3.82. The minimum Gasteiger partial charge on any atom is -0.493 e. The number of halogens is 1. The number of carbonyl (C=O) groups is 1. The van der Waals surface area contributed by atoms with E-state index in [4.69, 9.17) is 10.5 Å². The summed E-state index contributed by atoms with van der Waals surface area (Å²) in [7, 11) is -1.43. The zero-order chi connectivity index (χ0) is 18.4. The Bertz CT molecular complexity index is 696. The number of ether oxygens (including phenoxy) is 1. The average molecular weight is 405 g/mol. The highest BCUT2D eigenvalue weighted by Gasteiger charge is 2.27. The number of rotatable bonds is 7. The van der Waals surface area contributed by atoms with E-state index < -0.39 is 9.84 Å². The molecule has 2 N–H and O–H groups in total. The van der Waals surface area contributed by atoms with Crippen molar-refractivity contribution in [1.82, 2.24) is 4.90 Å². The standard InChI is InChI=1S/C18H28N2O4S.ClH/c1-20(18(21)14-6-3-7-15(19)12-14)10-5-11-24-16-8-4-9-17(13-16)25(2,22)23;/h4,8-9,13-15H,3,5-7,10-12,19H2,1-2H3;1H. The van der Waals surface area contributed by atoms with Crippen molar-refractivity contribution in [2.45, 2.75) is 43.0 Å². The molecule has 0 saturated heterocycles.